The number of hydrogen-bond donors (Lipinski definition) is 2. The van der Waals surface area contributed by atoms with E-state index in [9.17, 15) is 4.79 Å². The predicted octanol–water partition coefficient (Wildman–Crippen LogP) is 6.92. The Bertz CT molecular complexity index is 1930. The summed E-state index contributed by atoms with van der Waals surface area (Å²) in [7, 11) is 1.90. The normalized spacial score (nSPS) is 12.9. The van der Waals surface area contributed by atoms with Crippen molar-refractivity contribution >= 4 is 45.6 Å². The van der Waals surface area contributed by atoms with Gasteiger partial charge in [-0.1, -0.05) is 24.3 Å². The lowest BCUT2D eigenvalue weighted by atomic mass is 10.0. The number of aromatic amines is 1. The molecule has 0 fully saturated rings. The van der Waals surface area contributed by atoms with Crippen molar-refractivity contribution in [2.45, 2.75) is 27.3 Å². The smallest absolute Gasteiger partial charge is 0.259 e. The Labute approximate surface area is 235 Å². The molecule has 8 nitrogen and oxygen atoms in total. The van der Waals surface area contributed by atoms with Crippen LogP contribution in [-0.2, 0) is 13.6 Å². The SMILES string of the molecule is Cc1ccc(-c2cccc3c2CN(c2cccc4c(-c5nc(Nc6cc(C)n(C)n6)ncc5C)c[nH]c24)C3=O)s1. The number of aromatic nitrogens is 5. The molecule has 9 heteroatoms. The number of hydrogen-bond acceptors (Lipinski definition) is 6. The minimum atomic E-state index is 0.0177. The van der Waals surface area contributed by atoms with Crippen molar-refractivity contribution in [3.8, 4) is 21.7 Å². The molecule has 0 unspecified atom stereocenters. The first-order valence-corrected chi connectivity index (χ1v) is 13.9. The van der Waals surface area contributed by atoms with E-state index < -0.39 is 0 Å². The van der Waals surface area contributed by atoms with Gasteiger partial charge in [-0.3, -0.25) is 9.48 Å². The summed E-state index contributed by atoms with van der Waals surface area (Å²) in [5, 5.41) is 8.68. The molecule has 7 rings (SSSR count). The van der Waals surface area contributed by atoms with Gasteiger partial charge in [-0.25, -0.2) is 9.97 Å². The number of benzene rings is 2. The van der Waals surface area contributed by atoms with Gasteiger partial charge >= 0.3 is 0 Å². The Kier molecular flexibility index (Phi) is 5.57. The molecule has 40 heavy (non-hydrogen) atoms. The van der Waals surface area contributed by atoms with Crippen LogP contribution in [0.3, 0.4) is 0 Å². The highest BCUT2D eigenvalue weighted by molar-refractivity contribution is 7.15. The van der Waals surface area contributed by atoms with E-state index in [0.717, 1.165) is 55.8 Å². The third-order valence-corrected chi connectivity index (χ3v) is 8.57. The van der Waals surface area contributed by atoms with Gasteiger partial charge in [0, 0.05) is 57.5 Å². The van der Waals surface area contributed by atoms with Crippen molar-refractivity contribution in [3.63, 3.8) is 0 Å². The fourth-order valence-corrected chi connectivity index (χ4v) is 6.33. The first kappa shape index (κ1) is 24.3. The molecule has 0 spiro atoms. The van der Waals surface area contributed by atoms with E-state index in [1.165, 1.54) is 9.75 Å². The number of nitrogens with zero attached hydrogens (tertiary/aromatic N) is 5. The second-order valence-electron chi connectivity index (χ2n) is 10.2. The number of amides is 1. The summed E-state index contributed by atoms with van der Waals surface area (Å²) in [5.41, 5.74) is 8.49. The lowest BCUT2D eigenvalue weighted by molar-refractivity contribution is 0.0997. The largest absolute Gasteiger partial charge is 0.359 e. The van der Waals surface area contributed by atoms with Crippen LogP contribution in [0.1, 0.15) is 32.1 Å². The molecular weight excluding hydrogens is 518 g/mol. The van der Waals surface area contributed by atoms with E-state index in [-0.39, 0.29) is 5.91 Å². The summed E-state index contributed by atoms with van der Waals surface area (Å²) in [6.45, 7) is 6.63. The molecule has 0 saturated carbocycles. The number of para-hydroxylation sites is 1. The summed E-state index contributed by atoms with van der Waals surface area (Å²) >= 11 is 1.75. The van der Waals surface area contributed by atoms with Gasteiger partial charge in [0.15, 0.2) is 5.82 Å². The van der Waals surface area contributed by atoms with E-state index in [1.807, 2.05) is 68.5 Å². The fraction of sp³-hybridized carbons (Fsp3) is 0.161. The van der Waals surface area contributed by atoms with E-state index in [1.54, 1.807) is 16.0 Å². The van der Waals surface area contributed by atoms with Gasteiger partial charge in [0.25, 0.3) is 5.91 Å². The van der Waals surface area contributed by atoms with Crippen LogP contribution in [0.4, 0.5) is 17.5 Å². The molecule has 0 saturated heterocycles. The standard InChI is InChI=1S/C31H27N7OS/c1-17-14-33-31(34-27-13-18(2)37(4)36-27)35-28(17)23-15-32-29-21(23)8-6-10-25(29)38-16-24-20(26-12-11-19(3)40-26)7-5-9-22(24)30(38)39/h5-15,32H,16H2,1-4H3,(H,33,34,35,36). The number of nitrogens with one attached hydrogen (secondary N) is 2. The van der Waals surface area contributed by atoms with E-state index >= 15 is 0 Å². The molecule has 2 aromatic carbocycles. The molecule has 6 aromatic rings. The van der Waals surface area contributed by atoms with Crippen molar-refractivity contribution in [3.05, 3.63) is 94.3 Å². The third-order valence-electron chi connectivity index (χ3n) is 7.54. The number of carbonyl (C=O) groups is 1. The Morgan fingerprint density at radius 3 is 2.60 bits per heavy atom. The van der Waals surface area contributed by atoms with Gasteiger partial charge in [-0.15, -0.1) is 11.3 Å². The maximum atomic E-state index is 13.7. The van der Waals surface area contributed by atoms with Crippen molar-refractivity contribution in [2.24, 2.45) is 7.05 Å². The lowest BCUT2D eigenvalue weighted by Gasteiger charge is -2.17. The molecule has 2 N–H and O–H groups in total. The zero-order valence-corrected chi connectivity index (χ0v) is 23.4. The Morgan fingerprint density at radius 2 is 1.82 bits per heavy atom. The highest BCUT2D eigenvalue weighted by Crippen LogP contribution is 2.41. The number of anilines is 3. The molecule has 198 valence electrons. The molecule has 1 amide bonds. The zero-order chi connectivity index (χ0) is 27.5. The first-order valence-electron chi connectivity index (χ1n) is 13.1. The van der Waals surface area contributed by atoms with Gasteiger partial charge in [0.05, 0.1) is 23.4 Å². The van der Waals surface area contributed by atoms with Crippen LogP contribution in [0.15, 0.2) is 67.0 Å². The van der Waals surface area contributed by atoms with Crippen molar-refractivity contribution in [1.29, 1.82) is 0 Å². The summed E-state index contributed by atoms with van der Waals surface area (Å²) in [6.07, 6.45) is 3.78. The van der Waals surface area contributed by atoms with Gasteiger partial charge < -0.3 is 15.2 Å². The molecular formula is C31H27N7OS. The summed E-state index contributed by atoms with van der Waals surface area (Å²) in [4.78, 5) is 30.8. The van der Waals surface area contributed by atoms with Crippen LogP contribution in [0, 0.1) is 20.8 Å². The first-order chi connectivity index (χ1) is 19.4. The second kappa shape index (κ2) is 9.17. The fourth-order valence-electron chi connectivity index (χ4n) is 5.41. The van der Waals surface area contributed by atoms with E-state index in [4.69, 9.17) is 4.98 Å². The summed E-state index contributed by atoms with van der Waals surface area (Å²) in [6, 6.07) is 18.3. The molecule has 1 aliphatic rings. The number of rotatable bonds is 5. The maximum Gasteiger partial charge on any atom is 0.259 e. The number of carbonyl (C=O) groups excluding carboxylic acids is 1. The molecule has 0 bridgehead atoms. The second-order valence-corrected chi connectivity index (χ2v) is 11.5. The molecule has 4 aromatic heterocycles. The number of fused-ring (bicyclic) bond motifs is 2. The third kappa shape index (κ3) is 3.89. The number of H-pyrrole nitrogens is 1. The minimum Gasteiger partial charge on any atom is -0.359 e. The van der Waals surface area contributed by atoms with Crippen LogP contribution in [0.2, 0.25) is 0 Å². The monoisotopic (exact) mass is 545 g/mol. The van der Waals surface area contributed by atoms with Gasteiger partial charge in [0.1, 0.15) is 0 Å². The van der Waals surface area contributed by atoms with Gasteiger partial charge in [-0.05, 0) is 61.7 Å². The van der Waals surface area contributed by atoms with Crippen molar-refractivity contribution < 1.29 is 4.79 Å². The highest BCUT2D eigenvalue weighted by Gasteiger charge is 2.32. The quantitative estimate of drug-likeness (QED) is 0.245. The minimum absolute atomic E-state index is 0.0177. The maximum absolute atomic E-state index is 13.7. The average Bonchev–Trinajstić information content (AvgIpc) is 3.72. The molecule has 0 atom stereocenters. The number of thiophene rings is 1. The topological polar surface area (TPSA) is 91.7 Å². The average molecular weight is 546 g/mol. The van der Waals surface area contributed by atoms with Crippen molar-refractivity contribution in [1.82, 2.24) is 24.7 Å². The summed E-state index contributed by atoms with van der Waals surface area (Å²) in [5.74, 6) is 1.19. The highest BCUT2D eigenvalue weighted by atomic mass is 32.1. The van der Waals surface area contributed by atoms with Gasteiger partial charge in [-0.2, -0.15) is 5.10 Å². The molecule has 1 aliphatic heterocycles. The Hall–Kier alpha value is -4.76. The van der Waals surface area contributed by atoms with E-state index in [0.29, 0.717) is 18.3 Å². The van der Waals surface area contributed by atoms with Gasteiger partial charge in [0.2, 0.25) is 5.95 Å². The predicted molar refractivity (Wildman–Crippen MR) is 160 cm³/mol. The van der Waals surface area contributed by atoms with Crippen molar-refractivity contribution in [2.75, 3.05) is 10.2 Å². The summed E-state index contributed by atoms with van der Waals surface area (Å²) < 4.78 is 1.81. The van der Waals surface area contributed by atoms with Crippen LogP contribution >= 0.6 is 11.3 Å². The molecule has 5 heterocycles. The van der Waals surface area contributed by atoms with Crippen LogP contribution < -0.4 is 10.2 Å². The molecule has 0 aliphatic carbocycles. The van der Waals surface area contributed by atoms with E-state index in [2.05, 4.69) is 51.6 Å². The Balaban J connectivity index is 1.26. The molecule has 0 radical (unpaired) electrons. The van der Waals surface area contributed by atoms with Crippen LogP contribution in [-0.4, -0.2) is 30.6 Å². The lowest BCUT2D eigenvalue weighted by Crippen LogP contribution is -2.23. The van der Waals surface area contributed by atoms with Crippen LogP contribution in [0.5, 0.6) is 0 Å². The Morgan fingerprint density at radius 1 is 1.00 bits per heavy atom. The number of aryl methyl sites for hydroxylation is 4. The van der Waals surface area contributed by atoms with Crippen LogP contribution in [0.25, 0.3) is 32.6 Å². The zero-order valence-electron chi connectivity index (χ0n) is 22.6.